The molecule has 0 saturated heterocycles. The van der Waals surface area contributed by atoms with Crippen LogP contribution in [0.15, 0.2) is 29.8 Å². The second-order valence-electron chi connectivity index (χ2n) is 3.18. The quantitative estimate of drug-likeness (QED) is 0.455. The molecule has 0 atom stereocenters. The van der Waals surface area contributed by atoms with Crippen molar-refractivity contribution >= 4 is 12.0 Å². The standard InChI is InChI=1S/C13H10N2O3/c1-17-13(16)11(9-15)8-10-2-4-12(5-3-10)18-7-6-14/h2-5,8H,7H2,1H3/b11-8+. The van der Waals surface area contributed by atoms with Crippen molar-refractivity contribution in [2.45, 2.75) is 0 Å². The summed E-state index contributed by atoms with van der Waals surface area (Å²) in [6.07, 6.45) is 1.42. The lowest BCUT2D eigenvalue weighted by atomic mass is 10.1. The van der Waals surface area contributed by atoms with E-state index in [-0.39, 0.29) is 12.2 Å². The van der Waals surface area contributed by atoms with Gasteiger partial charge in [0.05, 0.1) is 7.11 Å². The number of nitriles is 2. The number of nitrogens with zero attached hydrogens (tertiary/aromatic N) is 2. The Kier molecular flexibility index (Phi) is 4.96. The van der Waals surface area contributed by atoms with E-state index in [9.17, 15) is 4.79 Å². The molecule has 1 aromatic rings. The van der Waals surface area contributed by atoms with Crippen LogP contribution in [0.5, 0.6) is 5.75 Å². The van der Waals surface area contributed by atoms with E-state index in [1.165, 1.54) is 13.2 Å². The zero-order valence-electron chi connectivity index (χ0n) is 9.71. The number of hydrogen-bond donors (Lipinski definition) is 0. The summed E-state index contributed by atoms with van der Waals surface area (Å²) in [5.74, 6) is -0.132. The van der Waals surface area contributed by atoms with Gasteiger partial charge in [-0.3, -0.25) is 0 Å². The van der Waals surface area contributed by atoms with Gasteiger partial charge in [0.1, 0.15) is 23.5 Å². The summed E-state index contributed by atoms with van der Waals surface area (Å²) in [4.78, 5) is 11.2. The Bertz CT molecular complexity index is 533. The Morgan fingerprint density at radius 2 is 2.00 bits per heavy atom. The van der Waals surface area contributed by atoms with Crippen LogP contribution in [-0.2, 0) is 9.53 Å². The first-order valence-electron chi connectivity index (χ1n) is 5.01. The lowest BCUT2D eigenvalue weighted by molar-refractivity contribution is -0.135. The van der Waals surface area contributed by atoms with E-state index in [2.05, 4.69) is 4.74 Å². The number of ether oxygens (including phenoxy) is 2. The molecule has 18 heavy (non-hydrogen) atoms. The zero-order chi connectivity index (χ0) is 13.4. The molecule has 0 aliphatic carbocycles. The molecule has 0 heterocycles. The molecule has 0 spiro atoms. The largest absolute Gasteiger partial charge is 0.479 e. The van der Waals surface area contributed by atoms with Gasteiger partial charge in [-0.1, -0.05) is 12.1 Å². The van der Waals surface area contributed by atoms with Crippen LogP contribution in [-0.4, -0.2) is 19.7 Å². The number of carbonyl (C=O) groups is 1. The van der Waals surface area contributed by atoms with Crippen LogP contribution < -0.4 is 4.74 Å². The summed E-state index contributed by atoms with van der Waals surface area (Å²) >= 11 is 0. The zero-order valence-corrected chi connectivity index (χ0v) is 9.71. The van der Waals surface area contributed by atoms with Gasteiger partial charge in [-0.15, -0.1) is 0 Å². The molecule has 5 heteroatoms. The van der Waals surface area contributed by atoms with Crippen LogP contribution >= 0.6 is 0 Å². The normalized spacial score (nSPS) is 10.1. The third-order valence-electron chi connectivity index (χ3n) is 2.02. The second-order valence-corrected chi connectivity index (χ2v) is 3.18. The molecule has 0 aliphatic heterocycles. The van der Waals surface area contributed by atoms with Gasteiger partial charge in [0, 0.05) is 0 Å². The van der Waals surface area contributed by atoms with Crippen LogP contribution in [0.3, 0.4) is 0 Å². The Labute approximate surface area is 104 Å². The van der Waals surface area contributed by atoms with E-state index in [0.717, 1.165) is 0 Å². The summed E-state index contributed by atoms with van der Waals surface area (Å²) < 4.78 is 9.53. The third kappa shape index (κ3) is 3.66. The van der Waals surface area contributed by atoms with Gasteiger partial charge in [-0.2, -0.15) is 10.5 Å². The summed E-state index contributed by atoms with van der Waals surface area (Å²) in [5, 5.41) is 17.1. The molecule has 0 unspecified atom stereocenters. The molecular weight excluding hydrogens is 232 g/mol. The van der Waals surface area contributed by atoms with E-state index in [0.29, 0.717) is 11.3 Å². The third-order valence-corrected chi connectivity index (χ3v) is 2.02. The van der Waals surface area contributed by atoms with Crippen molar-refractivity contribution in [1.82, 2.24) is 0 Å². The van der Waals surface area contributed by atoms with E-state index >= 15 is 0 Å². The molecule has 1 aromatic carbocycles. The summed E-state index contributed by atoms with van der Waals surface area (Å²) in [7, 11) is 1.21. The lowest BCUT2D eigenvalue weighted by Crippen LogP contribution is -2.02. The fourth-order valence-corrected chi connectivity index (χ4v) is 1.19. The molecule has 0 aromatic heterocycles. The molecule has 90 valence electrons. The molecule has 0 saturated carbocycles. The molecule has 0 amide bonds. The van der Waals surface area contributed by atoms with Gasteiger partial charge in [0.15, 0.2) is 6.61 Å². The van der Waals surface area contributed by atoms with Crippen LogP contribution in [0.4, 0.5) is 0 Å². The lowest BCUT2D eigenvalue weighted by Gasteiger charge is -2.01. The molecule has 0 aliphatic rings. The van der Waals surface area contributed by atoms with Gasteiger partial charge < -0.3 is 9.47 Å². The molecule has 0 fully saturated rings. The van der Waals surface area contributed by atoms with Gasteiger partial charge in [0.2, 0.25) is 0 Å². The van der Waals surface area contributed by atoms with Crippen LogP contribution in [0.25, 0.3) is 6.08 Å². The minimum Gasteiger partial charge on any atom is -0.479 e. The van der Waals surface area contributed by atoms with Crippen molar-refractivity contribution in [2.75, 3.05) is 13.7 Å². The van der Waals surface area contributed by atoms with E-state index in [1.807, 2.05) is 6.07 Å². The van der Waals surface area contributed by atoms with Gasteiger partial charge in [-0.05, 0) is 23.8 Å². The van der Waals surface area contributed by atoms with Crippen molar-refractivity contribution < 1.29 is 14.3 Å². The highest BCUT2D eigenvalue weighted by Crippen LogP contribution is 2.14. The van der Waals surface area contributed by atoms with E-state index < -0.39 is 5.97 Å². The maximum Gasteiger partial charge on any atom is 0.348 e. The predicted octanol–water partition coefficient (Wildman–Crippen LogP) is 1.67. The minimum atomic E-state index is -0.678. The number of carbonyl (C=O) groups excluding carboxylic acids is 1. The van der Waals surface area contributed by atoms with Gasteiger partial charge in [0.25, 0.3) is 0 Å². The molecule has 5 nitrogen and oxygen atoms in total. The highest BCUT2D eigenvalue weighted by atomic mass is 16.5. The van der Waals surface area contributed by atoms with Crippen molar-refractivity contribution in [3.63, 3.8) is 0 Å². The van der Waals surface area contributed by atoms with E-state index in [4.69, 9.17) is 15.3 Å². The van der Waals surface area contributed by atoms with Crippen molar-refractivity contribution in [1.29, 1.82) is 10.5 Å². The molecule has 0 N–H and O–H groups in total. The van der Waals surface area contributed by atoms with Gasteiger partial charge >= 0.3 is 5.97 Å². The van der Waals surface area contributed by atoms with Crippen LogP contribution in [0, 0.1) is 22.7 Å². The summed E-state index contributed by atoms with van der Waals surface area (Å²) in [5.41, 5.74) is 0.587. The summed E-state index contributed by atoms with van der Waals surface area (Å²) in [6.45, 7) is -0.0270. The molecule has 0 bridgehead atoms. The van der Waals surface area contributed by atoms with Crippen LogP contribution in [0.1, 0.15) is 5.56 Å². The average molecular weight is 242 g/mol. The Hall–Kier alpha value is -2.79. The number of methoxy groups -OCH3 is 1. The first-order chi connectivity index (χ1) is 8.71. The van der Waals surface area contributed by atoms with Crippen molar-refractivity contribution in [3.8, 4) is 17.9 Å². The Balaban J connectivity index is 2.86. The highest BCUT2D eigenvalue weighted by Gasteiger charge is 2.08. The maximum atomic E-state index is 11.2. The van der Waals surface area contributed by atoms with Gasteiger partial charge in [-0.25, -0.2) is 4.79 Å². The second kappa shape index (κ2) is 6.72. The van der Waals surface area contributed by atoms with Crippen molar-refractivity contribution in [3.05, 3.63) is 35.4 Å². The predicted molar refractivity (Wildman–Crippen MR) is 63.2 cm³/mol. The number of benzene rings is 1. The number of rotatable bonds is 4. The fourth-order valence-electron chi connectivity index (χ4n) is 1.19. The smallest absolute Gasteiger partial charge is 0.348 e. The highest BCUT2D eigenvalue weighted by molar-refractivity contribution is 5.97. The summed E-state index contributed by atoms with van der Waals surface area (Å²) in [6, 6.07) is 10.3. The monoisotopic (exact) mass is 242 g/mol. The fraction of sp³-hybridized carbons (Fsp3) is 0.154. The molecule has 1 rings (SSSR count). The van der Waals surface area contributed by atoms with E-state index in [1.54, 1.807) is 30.3 Å². The minimum absolute atomic E-state index is 0.0270. The Morgan fingerprint density at radius 1 is 1.33 bits per heavy atom. The van der Waals surface area contributed by atoms with Crippen molar-refractivity contribution in [2.24, 2.45) is 0 Å². The number of hydrogen-bond acceptors (Lipinski definition) is 5. The topological polar surface area (TPSA) is 83.1 Å². The maximum absolute atomic E-state index is 11.2. The van der Waals surface area contributed by atoms with Crippen LogP contribution in [0.2, 0.25) is 0 Å². The first kappa shape index (κ1) is 13.3. The SMILES string of the molecule is COC(=O)/C(C#N)=C/c1ccc(OCC#N)cc1. The average Bonchev–Trinajstić information content (AvgIpc) is 2.43. The number of esters is 1. The molecular formula is C13H10N2O3. The Morgan fingerprint density at radius 3 is 2.50 bits per heavy atom. The first-order valence-corrected chi connectivity index (χ1v) is 5.01. The molecule has 0 radical (unpaired) electrons.